The van der Waals surface area contributed by atoms with Gasteiger partial charge in [-0.05, 0) is 25.1 Å². The van der Waals surface area contributed by atoms with E-state index in [2.05, 4.69) is 5.32 Å². The van der Waals surface area contributed by atoms with Crippen molar-refractivity contribution < 1.29 is 17.6 Å². The van der Waals surface area contributed by atoms with E-state index in [9.17, 15) is 17.6 Å². The highest BCUT2D eigenvalue weighted by atomic mass is 19.4. The quantitative estimate of drug-likeness (QED) is 0.625. The number of nitrogens with two attached hydrogens (primary N) is 1. The van der Waals surface area contributed by atoms with Crippen LogP contribution in [0.5, 0.6) is 0 Å². The molecule has 0 saturated carbocycles. The second-order valence-corrected chi connectivity index (χ2v) is 3.60. The molecule has 0 amide bonds. The zero-order valence-electron chi connectivity index (χ0n) is 8.61. The summed E-state index contributed by atoms with van der Waals surface area (Å²) < 4.78 is 48.8. The molecule has 0 fully saturated rings. The van der Waals surface area contributed by atoms with Crippen LogP contribution in [0.4, 0.5) is 28.9 Å². The second-order valence-electron chi connectivity index (χ2n) is 3.60. The Morgan fingerprint density at radius 2 is 2.00 bits per heavy atom. The van der Waals surface area contributed by atoms with Gasteiger partial charge >= 0.3 is 6.18 Å². The Kier molecular flexibility index (Phi) is 3.62. The Hall–Kier alpha value is -1.46. The van der Waals surface area contributed by atoms with E-state index < -0.39 is 24.5 Å². The second kappa shape index (κ2) is 4.59. The van der Waals surface area contributed by atoms with Crippen molar-refractivity contribution in [2.75, 3.05) is 11.1 Å². The lowest BCUT2D eigenvalue weighted by molar-refractivity contribution is -0.136. The van der Waals surface area contributed by atoms with Gasteiger partial charge in [0.1, 0.15) is 5.82 Å². The number of nitrogen functional groups attached to an aromatic ring is 1. The highest BCUT2D eigenvalue weighted by molar-refractivity contribution is 5.66. The lowest BCUT2D eigenvalue weighted by atomic mass is 10.2. The molecule has 90 valence electrons. The van der Waals surface area contributed by atoms with Gasteiger partial charge in [-0.1, -0.05) is 0 Å². The first-order chi connectivity index (χ1) is 7.28. The topological polar surface area (TPSA) is 38.0 Å². The number of hydrogen-bond acceptors (Lipinski definition) is 2. The molecule has 0 spiro atoms. The van der Waals surface area contributed by atoms with Crippen LogP contribution in [0.25, 0.3) is 0 Å². The minimum Gasteiger partial charge on any atom is -0.397 e. The molecular formula is C10H12F4N2. The minimum atomic E-state index is -4.23. The molecule has 0 bridgehead atoms. The maximum atomic E-state index is 12.7. The molecule has 6 heteroatoms. The highest BCUT2D eigenvalue weighted by Gasteiger charge is 2.30. The summed E-state index contributed by atoms with van der Waals surface area (Å²) in [6, 6.07) is 2.70. The first kappa shape index (κ1) is 12.6. The van der Waals surface area contributed by atoms with E-state index in [0.717, 1.165) is 12.1 Å². The Balaban J connectivity index is 2.66. The van der Waals surface area contributed by atoms with Gasteiger partial charge in [-0.15, -0.1) is 0 Å². The summed E-state index contributed by atoms with van der Waals surface area (Å²) in [6.45, 7) is 1.39. The van der Waals surface area contributed by atoms with Gasteiger partial charge in [0.25, 0.3) is 0 Å². The summed E-state index contributed by atoms with van der Waals surface area (Å²) in [5.74, 6) is -0.522. The molecule has 0 saturated heterocycles. The summed E-state index contributed by atoms with van der Waals surface area (Å²) in [5.41, 5.74) is 5.85. The average molecular weight is 236 g/mol. The summed E-state index contributed by atoms with van der Waals surface area (Å²) in [6.07, 6.45) is -5.20. The van der Waals surface area contributed by atoms with Gasteiger partial charge in [-0.3, -0.25) is 0 Å². The number of nitrogens with one attached hydrogen (secondary N) is 1. The van der Waals surface area contributed by atoms with Gasteiger partial charge in [0.15, 0.2) is 0 Å². The molecule has 3 N–H and O–H groups in total. The van der Waals surface area contributed by atoms with Gasteiger partial charge in [0.2, 0.25) is 0 Å². The lowest BCUT2D eigenvalue weighted by Gasteiger charge is -2.18. The van der Waals surface area contributed by atoms with Crippen LogP contribution < -0.4 is 11.1 Å². The van der Waals surface area contributed by atoms with E-state index >= 15 is 0 Å². The Morgan fingerprint density at radius 1 is 1.38 bits per heavy atom. The maximum absolute atomic E-state index is 12.7. The number of hydrogen-bond donors (Lipinski definition) is 2. The van der Waals surface area contributed by atoms with Crippen LogP contribution in [0.15, 0.2) is 18.2 Å². The molecule has 1 aromatic carbocycles. The average Bonchev–Trinajstić information content (AvgIpc) is 2.06. The van der Waals surface area contributed by atoms with Crippen molar-refractivity contribution in [3.63, 3.8) is 0 Å². The van der Waals surface area contributed by atoms with E-state index in [4.69, 9.17) is 5.73 Å². The predicted molar refractivity (Wildman–Crippen MR) is 54.6 cm³/mol. The van der Waals surface area contributed by atoms with Crippen LogP contribution in [0.2, 0.25) is 0 Å². The van der Waals surface area contributed by atoms with Crippen LogP contribution >= 0.6 is 0 Å². The minimum absolute atomic E-state index is 0.0917. The Morgan fingerprint density at radius 3 is 2.50 bits per heavy atom. The standard InChI is InChI=1S/C10H12F4N2/c1-6(5-10(12,13)14)16-9-3-2-7(11)4-8(9)15/h2-4,6,16H,5,15H2,1H3. The molecule has 2 nitrogen and oxygen atoms in total. The van der Waals surface area contributed by atoms with Gasteiger partial charge < -0.3 is 11.1 Å². The van der Waals surface area contributed by atoms with Crippen molar-refractivity contribution in [1.29, 1.82) is 0 Å². The number of halogens is 4. The molecule has 0 heterocycles. The molecule has 0 aromatic heterocycles. The van der Waals surface area contributed by atoms with Gasteiger partial charge in [-0.2, -0.15) is 13.2 Å². The number of rotatable bonds is 3. The van der Waals surface area contributed by atoms with Crippen LogP contribution in [0.1, 0.15) is 13.3 Å². The van der Waals surface area contributed by atoms with Crippen molar-refractivity contribution >= 4 is 11.4 Å². The zero-order chi connectivity index (χ0) is 12.3. The zero-order valence-corrected chi connectivity index (χ0v) is 8.61. The van der Waals surface area contributed by atoms with E-state index in [-0.39, 0.29) is 5.69 Å². The summed E-state index contributed by atoms with van der Waals surface area (Å²) in [7, 11) is 0. The third-order valence-corrected chi connectivity index (χ3v) is 1.95. The first-order valence-corrected chi connectivity index (χ1v) is 4.66. The highest BCUT2D eigenvalue weighted by Crippen LogP contribution is 2.25. The molecule has 0 aliphatic rings. The van der Waals surface area contributed by atoms with E-state index in [1.807, 2.05) is 0 Å². The number of benzene rings is 1. The van der Waals surface area contributed by atoms with Gasteiger partial charge in [0, 0.05) is 6.04 Å². The van der Waals surface area contributed by atoms with E-state index in [0.29, 0.717) is 5.69 Å². The molecular weight excluding hydrogens is 224 g/mol. The van der Waals surface area contributed by atoms with Crippen molar-refractivity contribution in [2.45, 2.75) is 25.6 Å². The fraction of sp³-hybridized carbons (Fsp3) is 0.400. The van der Waals surface area contributed by atoms with Crippen molar-refractivity contribution in [2.24, 2.45) is 0 Å². The van der Waals surface area contributed by atoms with Gasteiger partial charge in [-0.25, -0.2) is 4.39 Å². The molecule has 1 atom stereocenters. The molecule has 0 radical (unpaired) electrons. The van der Waals surface area contributed by atoms with Crippen LogP contribution in [0.3, 0.4) is 0 Å². The predicted octanol–water partition coefficient (Wildman–Crippen LogP) is 3.16. The van der Waals surface area contributed by atoms with Gasteiger partial charge in [0.05, 0.1) is 17.8 Å². The first-order valence-electron chi connectivity index (χ1n) is 4.66. The molecule has 0 aliphatic heterocycles. The van der Waals surface area contributed by atoms with Crippen molar-refractivity contribution in [1.82, 2.24) is 0 Å². The number of alkyl halides is 3. The fourth-order valence-corrected chi connectivity index (χ4v) is 1.33. The van der Waals surface area contributed by atoms with E-state index in [1.165, 1.54) is 13.0 Å². The molecule has 16 heavy (non-hydrogen) atoms. The Bertz CT molecular complexity index is 362. The third-order valence-electron chi connectivity index (χ3n) is 1.95. The maximum Gasteiger partial charge on any atom is 0.391 e. The third kappa shape index (κ3) is 3.96. The van der Waals surface area contributed by atoms with Crippen molar-refractivity contribution in [3.05, 3.63) is 24.0 Å². The number of anilines is 2. The largest absolute Gasteiger partial charge is 0.397 e. The summed E-state index contributed by atoms with van der Waals surface area (Å²) in [5, 5.41) is 2.58. The molecule has 1 aromatic rings. The van der Waals surface area contributed by atoms with E-state index in [1.54, 1.807) is 0 Å². The lowest BCUT2D eigenvalue weighted by Crippen LogP contribution is -2.24. The monoisotopic (exact) mass is 236 g/mol. The summed E-state index contributed by atoms with van der Waals surface area (Å²) in [4.78, 5) is 0. The van der Waals surface area contributed by atoms with Crippen LogP contribution in [-0.4, -0.2) is 12.2 Å². The fourth-order valence-electron chi connectivity index (χ4n) is 1.33. The van der Waals surface area contributed by atoms with Crippen molar-refractivity contribution in [3.8, 4) is 0 Å². The Labute approximate surface area is 90.4 Å². The van der Waals surface area contributed by atoms with Crippen LogP contribution in [-0.2, 0) is 0 Å². The normalized spacial score (nSPS) is 13.6. The molecule has 0 aliphatic carbocycles. The van der Waals surface area contributed by atoms with Crippen LogP contribution in [0, 0.1) is 5.82 Å². The SMILES string of the molecule is CC(CC(F)(F)F)Nc1ccc(F)cc1N. The molecule has 1 rings (SSSR count). The molecule has 1 unspecified atom stereocenters. The summed E-state index contributed by atoms with van der Waals surface area (Å²) >= 11 is 0. The smallest absolute Gasteiger partial charge is 0.391 e.